The number of anilines is 1. The Kier molecular flexibility index (Phi) is 5.87. The van der Waals surface area contributed by atoms with E-state index in [1.54, 1.807) is 11.0 Å². The fourth-order valence-corrected chi connectivity index (χ4v) is 1.93. The van der Waals surface area contributed by atoms with Crippen molar-refractivity contribution in [3.8, 4) is 0 Å². The Morgan fingerprint density at radius 3 is 2.36 bits per heavy atom. The van der Waals surface area contributed by atoms with Crippen LogP contribution in [0.1, 0.15) is 5.56 Å². The summed E-state index contributed by atoms with van der Waals surface area (Å²) >= 11 is 0. The van der Waals surface area contributed by atoms with Gasteiger partial charge in [0.15, 0.2) is 0 Å². The largest absolute Gasteiger partial charge is 1.00 e. The van der Waals surface area contributed by atoms with E-state index in [2.05, 4.69) is 0 Å². The van der Waals surface area contributed by atoms with E-state index in [1.165, 1.54) is 0 Å². The van der Waals surface area contributed by atoms with Gasteiger partial charge in [-0.05, 0) is 24.6 Å². The molecule has 0 fully saturated rings. The van der Waals surface area contributed by atoms with Gasteiger partial charge in [0, 0.05) is 14.1 Å². The van der Waals surface area contributed by atoms with E-state index in [-0.39, 0.29) is 29.6 Å². The summed E-state index contributed by atoms with van der Waals surface area (Å²) in [6, 6.07) is 5.40. The monoisotopic (exact) mass is 220 g/mol. The van der Waals surface area contributed by atoms with Crippen molar-refractivity contribution in [2.75, 3.05) is 19.0 Å². The van der Waals surface area contributed by atoms with Gasteiger partial charge in [-0.3, -0.25) is 0 Å². The summed E-state index contributed by atoms with van der Waals surface area (Å²) in [6.45, 7) is 1.88. The first kappa shape index (κ1) is 14.1. The number of benzene rings is 1. The molecule has 0 amide bonds. The Labute approximate surface area is 107 Å². The number of aryl methyl sites for hydroxylation is 1. The molecular weight excluding hydrogens is 208 g/mol. The SMILES string of the molecule is Cc1ccc(N(C)C)c([P+](=O)[O-])c1.[Na+]. The van der Waals surface area contributed by atoms with E-state index in [0.717, 1.165) is 11.3 Å². The van der Waals surface area contributed by atoms with E-state index < -0.39 is 8.03 Å². The van der Waals surface area contributed by atoms with Crippen LogP contribution in [0.3, 0.4) is 0 Å². The molecule has 0 N–H and O–H groups in total. The zero-order valence-corrected chi connectivity index (χ0v) is 11.8. The molecule has 1 atom stereocenters. The first-order valence-corrected chi connectivity index (χ1v) is 5.12. The van der Waals surface area contributed by atoms with Gasteiger partial charge in [-0.15, -0.1) is 0 Å². The molecule has 3 nitrogen and oxygen atoms in total. The third kappa shape index (κ3) is 3.34. The molecule has 0 aromatic heterocycles. The molecule has 0 saturated heterocycles. The van der Waals surface area contributed by atoms with Crippen molar-refractivity contribution in [1.82, 2.24) is 0 Å². The minimum absolute atomic E-state index is 0. The Balaban J connectivity index is 0.00000169. The number of nitrogens with zero attached hydrogens (tertiary/aromatic N) is 1. The summed E-state index contributed by atoms with van der Waals surface area (Å²) in [7, 11) is 1.15. The molecule has 1 aromatic rings. The van der Waals surface area contributed by atoms with Crippen LogP contribution < -0.4 is 44.7 Å². The Bertz CT molecular complexity index is 342. The van der Waals surface area contributed by atoms with Gasteiger partial charge < -0.3 is 9.79 Å². The van der Waals surface area contributed by atoms with Crippen LogP contribution in [0.15, 0.2) is 18.2 Å². The summed E-state index contributed by atoms with van der Waals surface area (Å²) < 4.78 is 10.9. The van der Waals surface area contributed by atoms with Crippen LogP contribution in [0.5, 0.6) is 0 Å². The second kappa shape index (κ2) is 5.84. The third-order valence-corrected chi connectivity index (χ3v) is 2.56. The van der Waals surface area contributed by atoms with E-state index in [4.69, 9.17) is 0 Å². The Morgan fingerprint density at radius 2 is 1.93 bits per heavy atom. The van der Waals surface area contributed by atoms with Gasteiger partial charge in [0.05, 0.1) is 5.69 Å². The van der Waals surface area contributed by atoms with Crippen LogP contribution in [0, 0.1) is 6.92 Å². The predicted molar refractivity (Wildman–Crippen MR) is 52.7 cm³/mol. The van der Waals surface area contributed by atoms with Crippen LogP contribution in [-0.2, 0) is 4.57 Å². The molecule has 0 aliphatic rings. The zero-order valence-electron chi connectivity index (χ0n) is 8.94. The van der Waals surface area contributed by atoms with Crippen LogP contribution in [0.4, 0.5) is 5.69 Å². The predicted octanol–water partition coefficient (Wildman–Crippen LogP) is -2.21. The molecule has 0 bridgehead atoms. The Hall–Kier alpha value is 0.0800. The molecule has 1 aromatic carbocycles. The van der Waals surface area contributed by atoms with E-state index in [1.807, 2.05) is 33.2 Å². The average molecular weight is 220 g/mol. The molecule has 0 spiro atoms. The summed E-state index contributed by atoms with van der Waals surface area (Å²) in [6.07, 6.45) is 0. The molecule has 1 unspecified atom stereocenters. The van der Waals surface area contributed by atoms with Crippen LogP contribution in [0.25, 0.3) is 0 Å². The number of hydrogen-bond acceptors (Lipinski definition) is 3. The molecule has 0 radical (unpaired) electrons. The topological polar surface area (TPSA) is 43.4 Å². The first-order valence-electron chi connectivity index (χ1n) is 3.94. The molecule has 14 heavy (non-hydrogen) atoms. The molecule has 0 aliphatic carbocycles. The maximum atomic E-state index is 10.9. The molecule has 70 valence electrons. The van der Waals surface area contributed by atoms with Crippen molar-refractivity contribution in [1.29, 1.82) is 0 Å². The molecule has 0 heterocycles. The van der Waals surface area contributed by atoms with Crippen molar-refractivity contribution >= 4 is 19.0 Å². The first-order chi connectivity index (χ1) is 6.02. The van der Waals surface area contributed by atoms with Gasteiger partial charge in [-0.1, -0.05) is 10.6 Å². The molecule has 0 saturated carbocycles. The third-order valence-electron chi connectivity index (χ3n) is 1.81. The van der Waals surface area contributed by atoms with Gasteiger partial charge in [-0.25, -0.2) is 0 Å². The molecule has 5 heteroatoms. The standard InChI is InChI=1S/C9H12NO2P.Na/c1-7-4-5-8(10(2)3)9(6-7)13(11)12;/h4-6H,1-3H3;/q;+1. The van der Waals surface area contributed by atoms with E-state index in [0.29, 0.717) is 5.30 Å². The van der Waals surface area contributed by atoms with Crippen LogP contribution in [-0.4, -0.2) is 14.1 Å². The van der Waals surface area contributed by atoms with Crippen LogP contribution in [0.2, 0.25) is 0 Å². The van der Waals surface area contributed by atoms with Gasteiger partial charge >= 0.3 is 37.6 Å². The fourth-order valence-electron chi connectivity index (χ4n) is 1.16. The van der Waals surface area contributed by atoms with Crippen molar-refractivity contribution in [3.05, 3.63) is 23.8 Å². The molecule has 1 rings (SSSR count). The van der Waals surface area contributed by atoms with Crippen LogP contribution >= 0.6 is 8.03 Å². The minimum atomic E-state index is -2.51. The smallest absolute Gasteiger partial charge is 0.591 e. The Morgan fingerprint density at radius 1 is 1.36 bits per heavy atom. The fraction of sp³-hybridized carbons (Fsp3) is 0.333. The maximum absolute atomic E-state index is 10.9. The van der Waals surface area contributed by atoms with Gasteiger partial charge in [-0.2, -0.15) is 0 Å². The average Bonchev–Trinajstić information content (AvgIpc) is 2.03. The summed E-state index contributed by atoms with van der Waals surface area (Å²) in [5, 5.41) is 0.389. The summed E-state index contributed by atoms with van der Waals surface area (Å²) in [5.41, 5.74) is 1.70. The van der Waals surface area contributed by atoms with E-state index >= 15 is 0 Å². The second-order valence-corrected chi connectivity index (χ2v) is 4.14. The maximum Gasteiger partial charge on any atom is 1.00 e. The van der Waals surface area contributed by atoms with Gasteiger partial charge in [0.1, 0.15) is 0 Å². The normalized spacial score (nSPS) is 10.4. The van der Waals surface area contributed by atoms with E-state index in [9.17, 15) is 9.46 Å². The number of hydrogen-bond donors (Lipinski definition) is 0. The molecule has 0 aliphatic heterocycles. The summed E-state index contributed by atoms with van der Waals surface area (Å²) in [4.78, 5) is 12.7. The number of rotatable bonds is 2. The quantitative estimate of drug-likeness (QED) is 0.419. The minimum Gasteiger partial charge on any atom is -0.591 e. The van der Waals surface area contributed by atoms with Gasteiger partial charge in [0.2, 0.25) is 5.30 Å². The van der Waals surface area contributed by atoms with Crippen molar-refractivity contribution in [2.45, 2.75) is 6.92 Å². The van der Waals surface area contributed by atoms with Gasteiger partial charge in [0.25, 0.3) is 0 Å². The zero-order chi connectivity index (χ0) is 10.0. The molecular formula is C9H12NNaO2P+. The van der Waals surface area contributed by atoms with Crippen molar-refractivity contribution in [3.63, 3.8) is 0 Å². The summed E-state index contributed by atoms with van der Waals surface area (Å²) in [5.74, 6) is 0. The second-order valence-electron chi connectivity index (χ2n) is 3.14. The van der Waals surface area contributed by atoms with Crippen molar-refractivity contribution in [2.24, 2.45) is 0 Å². The van der Waals surface area contributed by atoms with Crippen molar-refractivity contribution < 1.29 is 39.0 Å².